The molecule has 0 aliphatic rings. The minimum absolute atomic E-state index is 0.223. The van der Waals surface area contributed by atoms with E-state index in [0.29, 0.717) is 46.5 Å². The van der Waals surface area contributed by atoms with Gasteiger partial charge in [0.25, 0.3) is 5.88 Å². The van der Waals surface area contributed by atoms with Gasteiger partial charge in [0.15, 0.2) is 0 Å². The summed E-state index contributed by atoms with van der Waals surface area (Å²) in [7, 11) is 4.66. The zero-order valence-electron chi connectivity index (χ0n) is 19.4. The lowest BCUT2D eigenvalue weighted by molar-refractivity contribution is 0.133. The van der Waals surface area contributed by atoms with Gasteiger partial charge in [-0.3, -0.25) is 4.90 Å². The van der Waals surface area contributed by atoms with Gasteiger partial charge in [0, 0.05) is 17.5 Å². The first-order valence-corrected chi connectivity index (χ1v) is 11.0. The topological polar surface area (TPSA) is 94.8 Å². The van der Waals surface area contributed by atoms with Gasteiger partial charge in [-0.05, 0) is 45.4 Å². The van der Waals surface area contributed by atoms with E-state index in [0.717, 1.165) is 5.56 Å². The highest BCUT2D eigenvalue weighted by molar-refractivity contribution is 7.16. The average Bonchev–Trinajstić information content (AvgIpc) is 3.30. The number of nitrogens with zero attached hydrogens (tertiary/aromatic N) is 3. The van der Waals surface area contributed by atoms with Crippen LogP contribution in [0.15, 0.2) is 17.5 Å². The summed E-state index contributed by atoms with van der Waals surface area (Å²) in [6, 6.07) is 3.80. The zero-order chi connectivity index (χ0) is 23.6. The standard InChI is InChI=1S/C22H29N3O6S/c1-8-31-11-13-9-15(28-5)17(16(10-13)29-6)14-12-32-20-18(19(30-7)23-25(14)20)24(21(26)27)22(2,3)4/h9-10,12H,8,11H2,1-7H3,(H,26,27). The SMILES string of the molecule is CCOCc1cc(OC)c(-c2csc3c(N(C(=O)O)C(C)(C)C)c(OC)nn23)c(OC)c1. The average molecular weight is 464 g/mol. The van der Waals surface area contributed by atoms with Gasteiger partial charge in [-0.15, -0.1) is 16.4 Å². The van der Waals surface area contributed by atoms with Gasteiger partial charge in [-0.25, -0.2) is 9.31 Å². The largest absolute Gasteiger partial charge is 0.496 e. The monoisotopic (exact) mass is 463 g/mol. The molecule has 3 aromatic rings. The van der Waals surface area contributed by atoms with Crippen molar-refractivity contribution in [2.75, 3.05) is 32.8 Å². The van der Waals surface area contributed by atoms with Crippen LogP contribution in [0.1, 0.15) is 33.3 Å². The van der Waals surface area contributed by atoms with E-state index in [2.05, 4.69) is 5.10 Å². The zero-order valence-corrected chi connectivity index (χ0v) is 20.2. The Kier molecular flexibility index (Phi) is 6.85. The van der Waals surface area contributed by atoms with E-state index in [1.807, 2.05) is 45.2 Å². The molecule has 0 aliphatic carbocycles. The van der Waals surface area contributed by atoms with Crippen molar-refractivity contribution < 1.29 is 28.8 Å². The van der Waals surface area contributed by atoms with E-state index in [4.69, 9.17) is 18.9 Å². The van der Waals surface area contributed by atoms with Crippen LogP contribution in [0.2, 0.25) is 0 Å². The van der Waals surface area contributed by atoms with Crippen LogP contribution in [0.3, 0.4) is 0 Å². The van der Waals surface area contributed by atoms with Crippen molar-refractivity contribution >= 4 is 27.9 Å². The van der Waals surface area contributed by atoms with Gasteiger partial charge in [-0.2, -0.15) is 0 Å². The minimum Gasteiger partial charge on any atom is -0.496 e. The van der Waals surface area contributed by atoms with E-state index >= 15 is 0 Å². The van der Waals surface area contributed by atoms with Crippen LogP contribution in [0.4, 0.5) is 10.5 Å². The molecule has 2 aromatic heterocycles. The van der Waals surface area contributed by atoms with Gasteiger partial charge >= 0.3 is 6.09 Å². The summed E-state index contributed by atoms with van der Waals surface area (Å²) in [6.07, 6.45) is -1.09. The summed E-state index contributed by atoms with van der Waals surface area (Å²) >= 11 is 1.37. The van der Waals surface area contributed by atoms with Crippen molar-refractivity contribution in [1.82, 2.24) is 9.61 Å². The molecule has 3 rings (SSSR count). The normalized spacial score (nSPS) is 11.6. The first kappa shape index (κ1) is 23.7. The lowest BCUT2D eigenvalue weighted by atomic mass is 10.1. The smallest absolute Gasteiger partial charge is 0.412 e. The highest BCUT2D eigenvalue weighted by Gasteiger charge is 2.35. The van der Waals surface area contributed by atoms with Crippen LogP contribution in [-0.4, -0.2) is 54.3 Å². The first-order valence-electron chi connectivity index (χ1n) is 10.1. The summed E-state index contributed by atoms with van der Waals surface area (Å²) in [5.74, 6) is 1.42. The lowest BCUT2D eigenvalue weighted by Gasteiger charge is -2.32. The third-order valence-electron chi connectivity index (χ3n) is 4.87. The van der Waals surface area contributed by atoms with E-state index in [-0.39, 0.29) is 5.88 Å². The van der Waals surface area contributed by atoms with Crippen LogP contribution >= 0.6 is 11.3 Å². The summed E-state index contributed by atoms with van der Waals surface area (Å²) in [5.41, 5.74) is 2.01. The van der Waals surface area contributed by atoms with E-state index < -0.39 is 11.6 Å². The predicted octanol–water partition coefficient (Wildman–Crippen LogP) is 4.91. The molecule has 0 bridgehead atoms. The molecule has 2 heterocycles. The molecule has 9 nitrogen and oxygen atoms in total. The number of methoxy groups -OCH3 is 3. The molecule has 0 spiro atoms. The predicted molar refractivity (Wildman–Crippen MR) is 124 cm³/mol. The number of aromatic nitrogens is 2. The molecule has 10 heteroatoms. The number of benzene rings is 1. The Hall–Kier alpha value is -2.98. The Morgan fingerprint density at radius 1 is 1.16 bits per heavy atom. The van der Waals surface area contributed by atoms with Crippen molar-refractivity contribution in [1.29, 1.82) is 0 Å². The van der Waals surface area contributed by atoms with Gasteiger partial charge in [-0.1, -0.05) is 0 Å². The highest BCUT2D eigenvalue weighted by atomic mass is 32.1. The van der Waals surface area contributed by atoms with Gasteiger partial charge in [0.2, 0.25) is 0 Å². The molecular weight excluding hydrogens is 434 g/mol. The number of hydrogen-bond acceptors (Lipinski definition) is 7. The molecule has 174 valence electrons. The second-order valence-corrected chi connectivity index (χ2v) is 8.86. The van der Waals surface area contributed by atoms with Crippen LogP contribution in [0, 0.1) is 0 Å². The van der Waals surface area contributed by atoms with E-state index in [1.54, 1.807) is 18.7 Å². The molecule has 0 fully saturated rings. The van der Waals surface area contributed by atoms with Gasteiger partial charge in [0.1, 0.15) is 22.0 Å². The third kappa shape index (κ3) is 4.20. The quantitative estimate of drug-likeness (QED) is 0.507. The lowest BCUT2D eigenvalue weighted by Crippen LogP contribution is -2.45. The summed E-state index contributed by atoms with van der Waals surface area (Å²) in [4.78, 5) is 14.1. The fourth-order valence-corrected chi connectivity index (χ4v) is 4.51. The highest BCUT2D eigenvalue weighted by Crippen LogP contribution is 2.46. The summed E-state index contributed by atoms with van der Waals surface area (Å²) in [5, 5.41) is 16.4. The van der Waals surface area contributed by atoms with Crippen molar-refractivity contribution in [3.8, 4) is 28.6 Å². The van der Waals surface area contributed by atoms with E-state index in [1.165, 1.54) is 23.3 Å². The Morgan fingerprint density at radius 2 is 1.78 bits per heavy atom. The van der Waals surface area contributed by atoms with Crippen molar-refractivity contribution in [2.24, 2.45) is 0 Å². The maximum absolute atomic E-state index is 12.1. The first-order chi connectivity index (χ1) is 15.2. The molecule has 0 atom stereocenters. The van der Waals surface area contributed by atoms with Crippen molar-refractivity contribution in [3.05, 3.63) is 23.1 Å². The number of carboxylic acid groups (broad SMARTS) is 1. The molecule has 1 N–H and O–H groups in total. The van der Waals surface area contributed by atoms with Gasteiger partial charge < -0.3 is 24.1 Å². The van der Waals surface area contributed by atoms with Crippen molar-refractivity contribution in [3.63, 3.8) is 0 Å². The number of fused-ring (bicyclic) bond motifs is 1. The summed E-state index contributed by atoms with van der Waals surface area (Å²) < 4.78 is 24.0. The number of carbonyl (C=O) groups is 1. The molecule has 1 aromatic carbocycles. The van der Waals surface area contributed by atoms with Gasteiger partial charge in [0.05, 0.1) is 39.2 Å². The fourth-order valence-electron chi connectivity index (χ4n) is 3.54. The molecule has 0 aliphatic heterocycles. The second-order valence-electron chi connectivity index (χ2n) is 8.00. The molecule has 0 saturated carbocycles. The molecule has 0 unspecified atom stereocenters. The maximum atomic E-state index is 12.1. The molecule has 1 amide bonds. The number of rotatable bonds is 8. The second kappa shape index (κ2) is 9.25. The molecular formula is C22H29N3O6S. The Morgan fingerprint density at radius 3 is 2.25 bits per heavy atom. The van der Waals surface area contributed by atoms with Crippen LogP contribution in [0.25, 0.3) is 16.1 Å². The molecule has 32 heavy (non-hydrogen) atoms. The number of amides is 1. The van der Waals surface area contributed by atoms with E-state index in [9.17, 15) is 9.90 Å². The molecule has 0 saturated heterocycles. The number of ether oxygens (including phenoxy) is 4. The Labute approximate surface area is 191 Å². The maximum Gasteiger partial charge on any atom is 0.412 e. The third-order valence-corrected chi connectivity index (χ3v) is 5.80. The minimum atomic E-state index is -1.09. The summed E-state index contributed by atoms with van der Waals surface area (Å²) in [6.45, 7) is 8.43. The number of anilines is 1. The number of thiazole rings is 1. The Balaban J connectivity index is 2.26. The Bertz CT molecular complexity index is 1090. The van der Waals surface area contributed by atoms with Crippen LogP contribution < -0.4 is 19.1 Å². The fraction of sp³-hybridized carbons (Fsp3) is 0.455. The molecule has 0 radical (unpaired) electrons. The number of hydrogen-bond donors (Lipinski definition) is 1. The van der Waals surface area contributed by atoms with Crippen molar-refractivity contribution in [2.45, 2.75) is 39.8 Å². The van der Waals surface area contributed by atoms with Crippen LogP contribution in [0.5, 0.6) is 17.4 Å². The van der Waals surface area contributed by atoms with Crippen LogP contribution in [-0.2, 0) is 11.3 Å².